The highest BCUT2D eigenvalue weighted by molar-refractivity contribution is 7.92. The molecule has 2 atom stereocenters. The second kappa shape index (κ2) is 7.79. The molecule has 2 unspecified atom stereocenters. The van der Waals surface area contributed by atoms with Crippen LogP contribution >= 0.6 is 0 Å². The quantitative estimate of drug-likeness (QED) is 0.801. The van der Waals surface area contributed by atoms with Gasteiger partial charge in [-0.2, -0.15) is 0 Å². The van der Waals surface area contributed by atoms with Crippen molar-refractivity contribution < 1.29 is 8.42 Å². The first kappa shape index (κ1) is 17.2. The van der Waals surface area contributed by atoms with E-state index in [9.17, 15) is 8.42 Å². The van der Waals surface area contributed by atoms with Crippen molar-refractivity contribution >= 4 is 9.84 Å². The van der Waals surface area contributed by atoms with E-state index in [2.05, 4.69) is 19.2 Å². The van der Waals surface area contributed by atoms with Crippen molar-refractivity contribution in [2.75, 3.05) is 12.3 Å². The smallest absolute Gasteiger partial charge is 0.154 e. The van der Waals surface area contributed by atoms with Crippen LogP contribution in [0.5, 0.6) is 0 Å². The SMILES string of the molecule is CCNC(c1ccccc1)C(C)S(=O)(=O)CCC(C)C. The second-order valence-electron chi connectivity index (χ2n) is 5.70. The highest BCUT2D eigenvalue weighted by Gasteiger charge is 2.29. The van der Waals surface area contributed by atoms with E-state index in [0.29, 0.717) is 5.92 Å². The molecule has 0 saturated heterocycles. The van der Waals surface area contributed by atoms with E-state index < -0.39 is 15.1 Å². The van der Waals surface area contributed by atoms with Crippen LogP contribution < -0.4 is 5.32 Å². The molecule has 0 radical (unpaired) electrons. The lowest BCUT2D eigenvalue weighted by Crippen LogP contribution is -2.36. The molecule has 0 heterocycles. The minimum Gasteiger partial charge on any atom is -0.309 e. The van der Waals surface area contributed by atoms with E-state index >= 15 is 0 Å². The lowest BCUT2D eigenvalue weighted by Gasteiger charge is -2.25. The Morgan fingerprint density at radius 1 is 1.10 bits per heavy atom. The van der Waals surface area contributed by atoms with Gasteiger partial charge in [0.15, 0.2) is 9.84 Å². The fourth-order valence-corrected chi connectivity index (χ4v) is 4.07. The van der Waals surface area contributed by atoms with Gasteiger partial charge in [0.2, 0.25) is 0 Å². The summed E-state index contributed by atoms with van der Waals surface area (Å²) in [5, 5.41) is 2.90. The van der Waals surface area contributed by atoms with E-state index in [1.54, 1.807) is 0 Å². The van der Waals surface area contributed by atoms with Crippen LogP contribution in [0.2, 0.25) is 0 Å². The van der Waals surface area contributed by atoms with Crippen LogP contribution in [-0.2, 0) is 9.84 Å². The summed E-state index contributed by atoms with van der Waals surface area (Å²) in [7, 11) is -3.09. The molecule has 1 rings (SSSR count). The second-order valence-corrected chi connectivity index (χ2v) is 8.18. The van der Waals surface area contributed by atoms with Crippen molar-refractivity contribution in [1.82, 2.24) is 5.32 Å². The van der Waals surface area contributed by atoms with Crippen LogP contribution in [0.1, 0.15) is 45.7 Å². The number of rotatable bonds is 8. The van der Waals surface area contributed by atoms with Gasteiger partial charge in [0.25, 0.3) is 0 Å². The zero-order chi connectivity index (χ0) is 15.2. The molecule has 0 bridgehead atoms. The summed E-state index contributed by atoms with van der Waals surface area (Å²) in [6.45, 7) is 8.68. The first-order chi connectivity index (χ1) is 9.38. The molecule has 3 nitrogen and oxygen atoms in total. The number of benzene rings is 1. The fourth-order valence-electron chi connectivity index (χ4n) is 2.23. The molecule has 0 spiro atoms. The molecule has 114 valence electrons. The maximum absolute atomic E-state index is 12.5. The molecule has 0 fully saturated rings. The highest BCUT2D eigenvalue weighted by Crippen LogP contribution is 2.23. The molecular weight excluding hydrogens is 270 g/mol. The largest absolute Gasteiger partial charge is 0.309 e. The lowest BCUT2D eigenvalue weighted by molar-refractivity contribution is 0.504. The van der Waals surface area contributed by atoms with Gasteiger partial charge in [-0.3, -0.25) is 0 Å². The maximum Gasteiger partial charge on any atom is 0.154 e. The van der Waals surface area contributed by atoms with Crippen LogP contribution in [0.4, 0.5) is 0 Å². The molecular formula is C16H27NO2S. The van der Waals surface area contributed by atoms with E-state index in [1.807, 2.05) is 44.2 Å². The maximum atomic E-state index is 12.5. The highest BCUT2D eigenvalue weighted by atomic mass is 32.2. The zero-order valence-corrected chi connectivity index (χ0v) is 13.8. The Balaban J connectivity index is 2.91. The molecule has 0 aliphatic rings. The van der Waals surface area contributed by atoms with Gasteiger partial charge in [0.1, 0.15) is 0 Å². The molecule has 1 N–H and O–H groups in total. The third-order valence-electron chi connectivity index (χ3n) is 3.60. The summed E-state index contributed by atoms with van der Waals surface area (Å²) >= 11 is 0. The van der Waals surface area contributed by atoms with Crippen molar-refractivity contribution in [3.63, 3.8) is 0 Å². The van der Waals surface area contributed by atoms with Crippen LogP contribution in [-0.4, -0.2) is 26.0 Å². The Kier molecular flexibility index (Phi) is 6.69. The molecule has 1 aromatic rings. The Morgan fingerprint density at radius 3 is 2.20 bits per heavy atom. The van der Waals surface area contributed by atoms with Crippen molar-refractivity contribution in [2.24, 2.45) is 5.92 Å². The minimum atomic E-state index is -3.09. The normalized spacial score (nSPS) is 15.2. The Bertz CT molecular complexity index is 482. The Morgan fingerprint density at radius 2 is 1.70 bits per heavy atom. The number of hydrogen-bond acceptors (Lipinski definition) is 3. The standard InChI is InChI=1S/C16H27NO2S/c1-5-17-16(15-9-7-6-8-10-15)14(4)20(18,19)12-11-13(2)3/h6-10,13-14,16-17H,5,11-12H2,1-4H3. The first-order valence-electron chi connectivity index (χ1n) is 7.38. The van der Waals surface area contributed by atoms with E-state index in [-0.39, 0.29) is 11.8 Å². The van der Waals surface area contributed by atoms with E-state index in [0.717, 1.165) is 18.5 Å². The zero-order valence-electron chi connectivity index (χ0n) is 13.0. The topological polar surface area (TPSA) is 46.2 Å². The average Bonchev–Trinajstić information content (AvgIpc) is 2.43. The average molecular weight is 297 g/mol. The van der Waals surface area contributed by atoms with Crippen LogP contribution in [0, 0.1) is 5.92 Å². The van der Waals surface area contributed by atoms with Gasteiger partial charge in [-0.15, -0.1) is 0 Å². The monoisotopic (exact) mass is 297 g/mol. The van der Waals surface area contributed by atoms with Crippen molar-refractivity contribution in [2.45, 2.75) is 45.4 Å². The van der Waals surface area contributed by atoms with E-state index in [1.165, 1.54) is 0 Å². The van der Waals surface area contributed by atoms with Gasteiger partial charge < -0.3 is 5.32 Å². The summed E-state index contributed by atoms with van der Waals surface area (Å²) < 4.78 is 25.0. The van der Waals surface area contributed by atoms with Gasteiger partial charge >= 0.3 is 0 Å². The summed E-state index contributed by atoms with van der Waals surface area (Å²) in [4.78, 5) is 0. The van der Waals surface area contributed by atoms with Crippen molar-refractivity contribution in [3.8, 4) is 0 Å². The Hall–Kier alpha value is -0.870. The summed E-state index contributed by atoms with van der Waals surface area (Å²) in [6.07, 6.45) is 0.723. The minimum absolute atomic E-state index is 0.140. The van der Waals surface area contributed by atoms with Gasteiger partial charge in [-0.1, -0.05) is 51.1 Å². The molecule has 1 aromatic carbocycles. The first-order valence-corrected chi connectivity index (χ1v) is 9.10. The third-order valence-corrected chi connectivity index (χ3v) is 5.81. The van der Waals surface area contributed by atoms with Crippen LogP contribution in [0.3, 0.4) is 0 Å². The van der Waals surface area contributed by atoms with Crippen molar-refractivity contribution in [1.29, 1.82) is 0 Å². The van der Waals surface area contributed by atoms with E-state index in [4.69, 9.17) is 0 Å². The summed E-state index contributed by atoms with van der Waals surface area (Å²) in [5.74, 6) is 0.673. The molecule has 0 aliphatic heterocycles. The predicted molar refractivity (Wildman–Crippen MR) is 85.6 cm³/mol. The molecule has 0 aromatic heterocycles. The molecule has 0 amide bonds. The van der Waals surface area contributed by atoms with Gasteiger partial charge in [-0.05, 0) is 31.4 Å². The molecule has 20 heavy (non-hydrogen) atoms. The van der Waals surface area contributed by atoms with Crippen molar-refractivity contribution in [3.05, 3.63) is 35.9 Å². The number of hydrogen-bond donors (Lipinski definition) is 1. The third kappa shape index (κ3) is 4.91. The number of sulfone groups is 1. The lowest BCUT2D eigenvalue weighted by atomic mass is 10.0. The molecule has 0 aliphatic carbocycles. The molecule has 4 heteroatoms. The molecule has 0 saturated carbocycles. The summed E-state index contributed by atoms with van der Waals surface area (Å²) in [5.41, 5.74) is 1.04. The predicted octanol–water partition coefficient (Wildman–Crippen LogP) is 3.19. The Labute approximate surface area is 123 Å². The number of nitrogens with one attached hydrogen (secondary N) is 1. The van der Waals surface area contributed by atoms with Gasteiger partial charge in [0, 0.05) is 6.04 Å². The fraction of sp³-hybridized carbons (Fsp3) is 0.625. The van der Waals surface area contributed by atoms with Crippen LogP contribution in [0.25, 0.3) is 0 Å². The van der Waals surface area contributed by atoms with Gasteiger partial charge in [0.05, 0.1) is 11.0 Å². The van der Waals surface area contributed by atoms with Gasteiger partial charge in [-0.25, -0.2) is 8.42 Å². The summed E-state index contributed by atoms with van der Waals surface area (Å²) in [6, 6.07) is 9.69. The van der Waals surface area contributed by atoms with Crippen LogP contribution in [0.15, 0.2) is 30.3 Å².